The van der Waals surface area contributed by atoms with E-state index in [4.69, 9.17) is 0 Å². The zero-order valence-corrected chi connectivity index (χ0v) is 10.7. The summed E-state index contributed by atoms with van der Waals surface area (Å²) < 4.78 is 0. The van der Waals surface area contributed by atoms with Crippen molar-refractivity contribution in [3.05, 3.63) is 0 Å². The van der Waals surface area contributed by atoms with E-state index >= 15 is 0 Å². The van der Waals surface area contributed by atoms with Crippen molar-refractivity contribution in [3.8, 4) is 0 Å². The Morgan fingerprint density at radius 3 is 2.60 bits per heavy atom. The summed E-state index contributed by atoms with van der Waals surface area (Å²) >= 11 is 2.05. The number of rotatable bonds is 3. The van der Waals surface area contributed by atoms with Gasteiger partial charge in [0, 0.05) is 11.0 Å². The molecule has 0 aromatic rings. The van der Waals surface area contributed by atoms with Crippen LogP contribution in [0.1, 0.15) is 58.3 Å². The summed E-state index contributed by atoms with van der Waals surface area (Å²) in [6.45, 7) is 2.37. The van der Waals surface area contributed by atoms with Crippen LogP contribution in [0, 0.1) is 5.92 Å². The van der Waals surface area contributed by atoms with E-state index in [2.05, 4.69) is 6.92 Å². The van der Waals surface area contributed by atoms with Crippen molar-refractivity contribution in [2.75, 3.05) is 5.75 Å². The molecule has 0 bridgehead atoms. The topological polar surface area (TPSA) is 20.2 Å². The van der Waals surface area contributed by atoms with Crippen LogP contribution in [0.4, 0.5) is 0 Å². The van der Waals surface area contributed by atoms with Crippen LogP contribution in [0.15, 0.2) is 0 Å². The molecular weight excluding hydrogens is 204 g/mol. The lowest BCUT2D eigenvalue weighted by Crippen LogP contribution is -2.29. The Morgan fingerprint density at radius 1 is 1.20 bits per heavy atom. The van der Waals surface area contributed by atoms with Crippen LogP contribution in [0.25, 0.3) is 0 Å². The Kier molecular flexibility index (Phi) is 4.00. The van der Waals surface area contributed by atoms with E-state index in [1.165, 1.54) is 38.5 Å². The Morgan fingerprint density at radius 2 is 1.93 bits per heavy atom. The quantitative estimate of drug-likeness (QED) is 0.796. The molecule has 0 aromatic heterocycles. The highest BCUT2D eigenvalue weighted by molar-refractivity contribution is 7.99. The van der Waals surface area contributed by atoms with Crippen LogP contribution in [-0.2, 0) is 0 Å². The molecule has 2 rings (SSSR count). The summed E-state index contributed by atoms with van der Waals surface area (Å²) in [6.07, 6.45) is 10.1. The lowest BCUT2D eigenvalue weighted by molar-refractivity contribution is 0.0730. The molecule has 1 N–H and O–H groups in total. The maximum Gasteiger partial charge on any atom is 0.0737 e. The maximum atomic E-state index is 10.3. The van der Waals surface area contributed by atoms with E-state index in [1.807, 2.05) is 11.8 Å². The predicted octanol–water partition coefficient (Wildman–Crippen LogP) is 3.60. The zero-order chi connectivity index (χ0) is 10.7. The van der Waals surface area contributed by atoms with Crippen LogP contribution >= 0.6 is 11.8 Å². The van der Waals surface area contributed by atoms with Gasteiger partial charge in [0.15, 0.2) is 0 Å². The average molecular weight is 228 g/mol. The second-order valence-corrected chi connectivity index (χ2v) is 6.92. The molecule has 2 unspecified atom stereocenters. The van der Waals surface area contributed by atoms with E-state index in [9.17, 15) is 5.11 Å². The fourth-order valence-electron chi connectivity index (χ4n) is 2.98. The monoisotopic (exact) mass is 228 g/mol. The minimum atomic E-state index is -0.300. The van der Waals surface area contributed by atoms with Crippen molar-refractivity contribution in [2.45, 2.75) is 69.1 Å². The average Bonchev–Trinajstić information content (AvgIpc) is 2.63. The molecule has 0 aliphatic heterocycles. The van der Waals surface area contributed by atoms with Gasteiger partial charge in [0.1, 0.15) is 0 Å². The molecule has 2 fully saturated rings. The minimum absolute atomic E-state index is 0.300. The van der Waals surface area contributed by atoms with Crippen molar-refractivity contribution in [3.63, 3.8) is 0 Å². The van der Waals surface area contributed by atoms with E-state index in [0.717, 1.165) is 29.8 Å². The van der Waals surface area contributed by atoms with Gasteiger partial charge in [0.05, 0.1) is 5.60 Å². The third-order valence-corrected chi connectivity index (χ3v) is 5.61. The van der Waals surface area contributed by atoms with Gasteiger partial charge < -0.3 is 5.11 Å². The standard InChI is InChI=1S/C13H24OS/c1-11-5-4-6-12(9-11)15-10-13(14)7-2-3-8-13/h11-12,14H,2-10H2,1H3. The molecule has 2 heteroatoms. The predicted molar refractivity (Wildman–Crippen MR) is 67.3 cm³/mol. The normalized spacial score (nSPS) is 35.6. The zero-order valence-electron chi connectivity index (χ0n) is 9.87. The van der Waals surface area contributed by atoms with Gasteiger partial charge >= 0.3 is 0 Å². The third kappa shape index (κ3) is 3.39. The van der Waals surface area contributed by atoms with Gasteiger partial charge in [-0.15, -0.1) is 0 Å². The molecule has 15 heavy (non-hydrogen) atoms. The molecule has 2 aliphatic rings. The molecule has 0 spiro atoms. The third-order valence-electron chi connectivity index (χ3n) is 4.01. The Labute approximate surface area is 98.0 Å². The summed E-state index contributed by atoms with van der Waals surface area (Å²) in [5.41, 5.74) is -0.300. The fraction of sp³-hybridized carbons (Fsp3) is 1.00. The number of hydrogen-bond acceptors (Lipinski definition) is 2. The van der Waals surface area contributed by atoms with Gasteiger partial charge in [0.2, 0.25) is 0 Å². The van der Waals surface area contributed by atoms with Gasteiger partial charge in [-0.1, -0.05) is 32.6 Å². The summed E-state index contributed by atoms with van der Waals surface area (Å²) in [7, 11) is 0. The minimum Gasteiger partial charge on any atom is -0.389 e. The van der Waals surface area contributed by atoms with Gasteiger partial charge in [-0.05, 0) is 31.6 Å². The first-order valence-corrected chi connectivity index (χ1v) is 7.57. The Hall–Kier alpha value is 0.310. The second-order valence-electron chi connectivity index (χ2n) is 5.64. The van der Waals surface area contributed by atoms with Crippen LogP contribution in [0.2, 0.25) is 0 Å². The highest BCUT2D eigenvalue weighted by atomic mass is 32.2. The van der Waals surface area contributed by atoms with Crippen molar-refractivity contribution in [1.82, 2.24) is 0 Å². The SMILES string of the molecule is CC1CCCC(SCC2(O)CCCC2)C1. The number of hydrogen-bond donors (Lipinski definition) is 1. The van der Waals surface area contributed by atoms with Crippen molar-refractivity contribution in [1.29, 1.82) is 0 Å². The van der Waals surface area contributed by atoms with E-state index < -0.39 is 0 Å². The van der Waals surface area contributed by atoms with Gasteiger partial charge in [-0.3, -0.25) is 0 Å². The molecule has 0 saturated heterocycles. The van der Waals surface area contributed by atoms with Crippen molar-refractivity contribution in [2.24, 2.45) is 5.92 Å². The van der Waals surface area contributed by atoms with Gasteiger partial charge in [-0.2, -0.15) is 11.8 Å². The lowest BCUT2D eigenvalue weighted by Gasteiger charge is -2.29. The molecule has 0 aromatic carbocycles. The van der Waals surface area contributed by atoms with E-state index in [1.54, 1.807) is 0 Å². The first-order valence-electron chi connectivity index (χ1n) is 6.52. The largest absolute Gasteiger partial charge is 0.389 e. The molecule has 0 radical (unpaired) electrons. The summed E-state index contributed by atoms with van der Waals surface area (Å²) in [4.78, 5) is 0. The first kappa shape index (κ1) is 11.8. The number of thioether (sulfide) groups is 1. The molecule has 0 heterocycles. The molecule has 2 atom stereocenters. The molecule has 0 amide bonds. The summed E-state index contributed by atoms with van der Waals surface area (Å²) in [5, 5.41) is 11.1. The van der Waals surface area contributed by atoms with Crippen LogP contribution in [-0.4, -0.2) is 21.7 Å². The molecule has 1 nitrogen and oxygen atoms in total. The fourth-order valence-corrected chi connectivity index (χ4v) is 4.61. The smallest absolute Gasteiger partial charge is 0.0737 e. The van der Waals surface area contributed by atoms with Gasteiger partial charge in [-0.25, -0.2) is 0 Å². The lowest BCUT2D eigenvalue weighted by atomic mass is 9.91. The summed E-state index contributed by atoms with van der Waals surface area (Å²) in [5.74, 6) is 1.90. The number of aliphatic hydroxyl groups is 1. The van der Waals surface area contributed by atoms with Gasteiger partial charge in [0.25, 0.3) is 0 Å². The van der Waals surface area contributed by atoms with Crippen molar-refractivity contribution >= 4 is 11.8 Å². The van der Waals surface area contributed by atoms with Crippen LogP contribution in [0.3, 0.4) is 0 Å². The molecular formula is C13H24OS. The Bertz CT molecular complexity index is 199. The van der Waals surface area contributed by atoms with E-state index in [-0.39, 0.29) is 5.60 Å². The maximum absolute atomic E-state index is 10.3. The summed E-state index contributed by atoms with van der Waals surface area (Å²) in [6, 6.07) is 0. The van der Waals surface area contributed by atoms with Crippen LogP contribution < -0.4 is 0 Å². The molecule has 2 saturated carbocycles. The first-order chi connectivity index (χ1) is 7.18. The van der Waals surface area contributed by atoms with E-state index in [0.29, 0.717) is 0 Å². The highest BCUT2D eigenvalue weighted by Crippen LogP contribution is 2.37. The Balaban J connectivity index is 1.72. The highest BCUT2D eigenvalue weighted by Gasteiger charge is 2.32. The van der Waals surface area contributed by atoms with Crippen LogP contribution in [0.5, 0.6) is 0 Å². The molecule has 88 valence electrons. The second kappa shape index (κ2) is 5.09. The molecule has 2 aliphatic carbocycles. The van der Waals surface area contributed by atoms with Crippen molar-refractivity contribution < 1.29 is 5.11 Å².